The average molecular weight is 316 g/mol. The molecule has 1 aliphatic carbocycles. The molecule has 0 bridgehead atoms. The van der Waals surface area contributed by atoms with E-state index in [-0.39, 0.29) is 6.10 Å². The molecule has 24 heavy (non-hydrogen) atoms. The van der Waals surface area contributed by atoms with Crippen LogP contribution in [0, 0.1) is 0 Å². The molecule has 1 fully saturated rings. The van der Waals surface area contributed by atoms with Crippen molar-refractivity contribution >= 4 is 39.3 Å². The molecule has 1 aliphatic heterocycles. The van der Waals surface area contributed by atoms with E-state index in [9.17, 15) is 9.90 Å². The number of carbonyl (C=O) groups is 1. The van der Waals surface area contributed by atoms with Crippen molar-refractivity contribution in [3.8, 4) is 0 Å². The van der Waals surface area contributed by atoms with Crippen molar-refractivity contribution in [2.45, 2.75) is 25.4 Å². The van der Waals surface area contributed by atoms with E-state index >= 15 is 0 Å². The summed E-state index contributed by atoms with van der Waals surface area (Å²) in [6, 6.07) is 13.7. The Morgan fingerprint density at radius 1 is 1.00 bits per heavy atom. The van der Waals surface area contributed by atoms with Crippen LogP contribution in [-0.2, 0) is 4.74 Å². The van der Waals surface area contributed by atoms with Crippen LogP contribution < -0.4 is 10.4 Å². The minimum atomic E-state index is -0.892. The number of benzene rings is 3. The third kappa shape index (κ3) is 1.75. The normalized spacial score (nSPS) is 18.8. The van der Waals surface area contributed by atoms with E-state index in [4.69, 9.17) is 4.74 Å². The molecule has 0 aromatic heterocycles. The highest BCUT2D eigenvalue weighted by Crippen LogP contribution is 2.30. The topological polar surface area (TPSA) is 46.5 Å². The summed E-state index contributed by atoms with van der Waals surface area (Å²) in [4.78, 5) is 11.5. The maximum absolute atomic E-state index is 11.5. The molecule has 2 aliphatic rings. The summed E-state index contributed by atoms with van der Waals surface area (Å²) in [6.45, 7) is 0. The van der Waals surface area contributed by atoms with E-state index in [0.717, 1.165) is 39.6 Å². The fraction of sp³-hybridized carbons (Fsp3) is 0.190. The highest BCUT2D eigenvalue weighted by molar-refractivity contribution is 6.13. The van der Waals surface area contributed by atoms with Gasteiger partial charge < -0.3 is 9.84 Å². The van der Waals surface area contributed by atoms with Crippen molar-refractivity contribution in [3.05, 3.63) is 58.5 Å². The summed E-state index contributed by atoms with van der Waals surface area (Å²) >= 11 is 0. The first kappa shape index (κ1) is 13.6. The molecule has 3 heteroatoms. The van der Waals surface area contributed by atoms with Crippen LogP contribution in [0.3, 0.4) is 0 Å². The molecule has 0 saturated heterocycles. The zero-order valence-corrected chi connectivity index (χ0v) is 13.1. The summed E-state index contributed by atoms with van der Waals surface area (Å²) < 4.78 is 5.95. The minimum Gasteiger partial charge on any atom is -0.493 e. The zero-order chi connectivity index (χ0) is 16.3. The van der Waals surface area contributed by atoms with Crippen LogP contribution >= 0.6 is 0 Å². The van der Waals surface area contributed by atoms with E-state index < -0.39 is 5.97 Å². The third-order valence-corrected chi connectivity index (χ3v) is 5.33. The van der Waals surface area contributed by atoms with Crippen LogP contribution in [0.25, 0.3) is 33.4 Å². The van der Waals surface area contributed by atoms with Crippen LogP contribution in [0.15, 0.2) is 42.5 Å². The van der Waals surface area contributed by atoms with Gasteiger partial charge in [0.25, 0.3) is 0 Å². The smallest absolute Gasteiger partial charge is 0.336 e. The lowest BCUT2D eigenvalue weighted by Crippen LogP contribution is -2.34. The van der Waals surface area contributed by atoms with Gasteiger partial charge in [-0.2, -0.15) is 0 Å². The molecule has 3 aromatic rings. The van der Waals surface area contributed by atoms with Gasteiger partial charge in [-0.05, 0) is 57.7 Å². The van der Waals surface area contributed by atoms with Crippen LogP contribution in [0.4, 0.5) is 0 Å². The molecule has 118 valence electrons. The maximum Gasteiger partial charge on any atom is 0.336 e. The van der Waals surface area contributed by atoms with E-state index in [2.05, 4.69) is 12.1 Å². The van der Waals surface area contributed by atoms with Crippen LogP contribution in [0.2, 0.25) is 0 Å². The quantitative estimate of drug-likeness (QED) is 0.702. The molecule has 1 heterocycles. The molecule has 1 atom stereocenters. The largest absolute Gasteiger partial charge is 0.493 e. The van der Waals surface area contributed by atoms with Gasteiger partial charge in [-0.3, -0.25) is 0 Å². The van der Waals surface area contributed by atoms with Crippen LogP contribution in [0.5, 0.6) is 0 Å². The van der Waals surface area contributed by atoms with E-state index in [1.807, 2.05) is 30.5 Å². The van der Waals surface area contributed by atoms with E-state index in [1.54, 1.807) is 6.07 Å². The lowest BCUT2D eigenvalue weighted by Gasteiger charge is -2.18. The first-order valence-corrected chi connectivity index (χ1v) is 8.30. The Labute approximate surface area is 138 Å². The average Bonchev–Trinajstić information content (AvgIpc) is 3.09. The second-order valence-corrected chi connectivity index (χ2v) is 6.55. The van der Waals surface area contributed by atoms with Gasteiger partial charge >= 0.3 is 5.97 Å². The molecule has 0 radical (unpaired) electrons. The van der Waals surface area contributed by atoms with Crippen molar-refractivity contribution in [2.24, 2.45) is 0 Å². The second-order valence-electron chi connectivity index (χ2n) is 6.55. The highest BCUT2D eigenvalue weighted by Gasteiger charge is 2.25. The van der Waals surface area contributed by atoms with Gasteiger partial charge in [0, 0.05) is 5.22 Å². The molecule has 0 spiro atoms. The van der Waals surface area contributed by atoms with Gasteiger partial charge in [0.1, 0.15) is 6.10 Å². The second kappa shape index (κ2) is 4.84. The Morgan fingerprint density at radius 2 is 1.79 bits per heavy atom. The first-order chi connectivity index (χ1) is 11.7. The van der Waals surface area contributed by atoms with Gasteiger partial charge in [-0.15, -0.1) is 0 Å². The lowest BCUT2D eigenvalue weighted by molar-refractivity contribution is 0.0699. The number of hydrogen-bond acceptors (Lipinski definition) is 2. The molecular weight excluding hydrogens is 300 g/mol. The SMILES string of the molecule is O=C(O)c1cccc2c1ccc1c3c(ccc12)=C1CCCC1OC=3. The monoisotopic (exact) mass is 316 g/mol. The molecule has 1 N–H and O–H groups in total. The molecule has 3 nitrogen and oxygen atoms in total. The van der Waals surface area contributed by atoms with Crippen molar-refractivity contribution in [2.75, 3.05) is 0 Å². The van der Waals surface area contributed by atoms with Crippen molar-refractivity contribution in [1.29, 1.82) is 0 Å². The van der Waals surface area contributed by atoms with Gasteiger partial charge in [0.2, 0.25) is 0 Å². The Kier molecular flexibility index (Phi) is 2.75. The van der Waals surface area contributed by atoms with Gasteiger partial charge in [-0.25, -0.2) is 4.79 Å². The standard InChI is InChI=1S/C21H16O3/c22-21(23)18-5-1-3-12-13-7-10-16-17-4-2-6-20(17)24-11-19(16)15(13)9-8-14(12)18/h1,3,5,7-11,20H,2,4,6H2,(H,22,23). The molecule has 3 aromatic carbocycles. The third-order valence-electron chi connectivity index (χ3n) is 5.33. The Bertz CT molecular complexity index is 1140. The summed E-state index contributed by atoms with van der Waals surface area (Å²) in [5.74, 6) is -0.892. The minimum absolute atomic E-state index is 0.244. The summed E-state index contributed by atoms with van der Waals surface area (Å²) in [5.41, 5.74) is 1.76. The fourth-order valence-corrected chi connectivity index (χ4v) is 4.21. The lowest BCUT2D eigenvalue weighted by atomic mass is 9.95. The van der Waals surface area contributed by atoms with Crippen molar-refractivity contribution < 1.29 is 14.6 Å². The van der Waals surface area contributed by atoms with E-state index in [0.29, 0.717) is 5.56 Å². The number of aromatic carboxylic acids is 1. The van der Waals surface area contributed by atoms with Gasteiger partial charge in [0.15, 0.2) is 0 Å². The number of carboxylic acid groups (broad SMARTS) is 1. The first-order valence-electron chi connectivity index (χ1n) is 8.30. The van der Waals surface area contributed by atoms with Crippen molar-refractivity contribution in [3.63, 3.8) is 0 Å². The Hall–Kier alpha value is -2.81. The van der Waals surface area contributed by atoms with Crippen LogP contribution in [-0.4, -0.2) is 17.2 Å². The number of fused-ring (bicyclic) bond motifs is 6. The van der Waals surface area contributed by atoms with Crippen molar-refractivity contribution in [1.82, 2.24) is 0 Å². The number of rotatable bonds is 1. The summed E-state index contributed by atoms with van der Waals surface area (Å²) in [6.07, 6.45) is 5.53. The Morgan fingerprint density at radius 3 is 2.67 bits per heavy atom. The molecular formula is C21H16O3. The number of ether oxygens (including phenoxy) is 1. The number of hydrogen-bond donors (Lipinski definition) is 1. The molecule has 1 unspecified atom stereocenters. The Balaban J connectivity index is 1.93. The molecule has 5 rings (SSSR count). The fourth-order valence-electron chi connectivity index (χ4n) is 4.21. The zero-order valence-electron chi connectivity index (χ0n) is 13.1. The molecule has 0 amide bonds. The van der Waals surface area contributed by atoms with Gasteiger partial charge in [0.05, 0.1) is 11.8 Å². The predicted molar refractivity (Wildman–Crippen MR) is 94.3 cm³/mol. The van der Waals surface area contributed by atoms with Gasteiger partial charge in [-0.1, -0.05) is 36.4 Å². The highest BCUT2D eigenvalue weighted by atomic mass is 16.5. The summed E-state index contributed by atoms with van der Waals surface area (Å²) in [5, 5.41) is 15.8. The molecule has 1 saturated carbocycles. The summed E-state index contributed by atoms with van der Waals surface area (Å²) in [7, 11) is 0. The van der Waals surface area contributed by atoms with E-state index in [1.165, 1.54) is 17.2 Å². The number of carboxylic acids is 1. The predicted octanol–water partition coefficient (Wildman–Crippen LogP) is 3.16. The van der Waals surface area contributed by atoms with Crippen LogP contribution in [0.1, 0.15) is 29.6 Å². The maximum atomic E-state index is 11.5.